The second-order valence-corrected chi connectivity index (χ2v) is 6.87. The molecule has 0 atom stereocenters. The Kier molecular flexibility index (Phi) is 6.09. The number of aryl methyl sites for hydroxylation is 2. The first-order chi connectivity index (χ1) is 12.2. The maximum atomic E-state index is 6.02. The van der Waals surface area contributed by atoms with Gasteiger partial charge in [-0.2, -0.15) is 5.10 Å². The molecule has 1 saturated carbocycles. The summed E-state index contributed by atoms with van der Waals surface area (Å²) in [5.41, 5.74) is 9.47. The first-order valence-electron chi connectivity index (χ1n) is 9.39. The summed E-state index contributed by atoms with van der Waals surface area (Å²) in [6.07, 6.45) is 10.5. The van der Waals surface area contributed by atoms with Gasteiger partial charge in [-0.25, -0.2) is 4.68 Å². The molecule has 0 radical (unpaired) electrons. The number of nitrogens with two attached hydrogens (primary N) is 1. The lowest BCUT2D eigenvalue weighted by molar-refractivity contribution is 0.412. The lowest BCUT2D eigenvalue weighted by Gasteiger charge is -2.23. The molecule has 1 aliphatic carbocycles. The zero-order chi connectivity index (χ0) is 17.5. The Bertz CT molecular complexity index is 683. The number of guanidine groups is 1. The van der Waals surface area contributed by atoms with Crippen molar-refractivity contribution in [2.45, 2.75) is 57.9 Å². The van der Waals surface area contributed by atoms with Crippen LogP contribution >= 0.6 is 0 Å². The van der Waals surface area contributed by atoms with Crippen LogP contribution in [0.3, 0.4) is 0 Å². The van der Waals surface area contributed by atoms with Gasteiger partial charge in [0.15, 0.2) is 5.96 Å². The first-order valence-corrected chi connectivity index (χ1v) is 9.39. The highest BCUT2D eigenvalue weighted by atomic mass is 15.3. The van der Waals surface area contributed by atoms with Gasteiger partial charge in [-0.15, -0.1) is 0 Å². The number of nitrogens with zero attached hydrogens (tertiary/aromatic N) is 3. The van der Waals surface area contributed by atoms with Crippen LogP contribution in [0.5, 0.6) is 0 Å². The molecular weight excluding hydrogens is 310 g/mol. The lowest BCUT2D eigenvalue weighted by atomic mass is 9.96. The van der Waals surface area contributed by atoms with Crippen molar-refractivity contribution in [3.63, 3.8) is 0 Å². The zero-order valence-corrected chi connectivity index (χ0v) is 15.1. The quantitative estimate of drug-likeness (QED) is 0.482. The molecule has 134 valence electrons. The largest absolute Gasteiger partial charge is 0.370 e. The van der Waals surface area contributed by atoms with Gasteiger partial charge in [0.1, 0.15) is 0 Å². The molecule has 25 heavy (non-hydrogen) atoms. The molecule has 0 spiro atoms. The number of hydrogen-bond acceptors (Lipinski definition) is 2. The molecule has 1 aliphatic rings. The Morgan fingerprint density at radius 1 is 1.24 bits per heavy atom. The van der Waals surface area contributed by atoms with E-state index in [0.29, 0.717) is 12.0 Å². The number of hydrogen-bond donors (Lipinski definition) is 2. The second-order valence-electron chi connectivity index (χ2n) is 6.87. The smallest absolute Gasteiger partial charge is 0.188 e. The molecule has 5 heteroatoms. The topological polar surface area (TPSA) is 68.2 Å². The SMILES string of the molecule is Cc1nn(-c2ccccc2)cc1CCCN=C(N)NC1CCCCC1. The van der Waals surface area contributed by atoms with E-state index in [1.54, 1.807) is 0 Å². The normalized spacial score (nSPS) is 16.1. The van der Waals surface area contributed by atoms with E-state index >= 15 is 0 Å². The maximum Gasteiger partial charge on any atom is 0.188 e. The van der Waals surface area contributed by atoms with Crippen LogP contribution in [0.15, 0.2) is 41.5 Å². The highest BCUT2D eigenvalue weighted by Crippen LogP contribution is 2.17. The van der Waals surface area contributed by atoms with Crippen molar-refractivity contribution >= 4 is 5.96 Å². The third-order valence-electron chi connectivity index (χ3n) is 4.86. The van der Waals surface area contributed by atoms with E-state index in [-0.39, 0.29) is 0 Å². The molecule has 3 rings (SSSR count). The summed E-state index contributed by atoms with van der Waals surface area (Å²) in [6.45, 7) is 2.82. The van der Waals surface area contributed by atoms with E-state index in [2.05, 4.69) is 40.7 Å². The van der Waals surface area contributed by atoms with E-state index < -0.39 is 0 Å². The van der Waals surface area contributed by atoms with Crippen molar-refractivity contribution < 1.29 is 0 Å². The zero-order valence-electron chi connectivity index (χ0n) is 15.1. The molecule has 5 nitrogen and oxygen atoms in total. The summed E-state index contributed by atoms with van der Waals surface area (Å²) in [6, 6.07) is 10.7. The minimum absolute atomic E-state index is 0.517. The third kappa shape index (κ3) is 5.08. The Morgan fingerprint density at radius 3 is 2.76 bits per heavy atom. The highest BCUT2D eigenvalue weighted by Gasteiger charge is 2.13. The van der Waals surface area contributed by atoms with Crippen molar-refractivity contribution in [3.05, 3.63) is 47.8 Å². The standard InChI is InChI=1S/C20H29N5/c1-16-17(15-25(24-16)19-12-6-3-7-13-19)9-8-14-22-20(21)23-18-10-4-2-5-11-18/h3,6-7,12-13,15,18H,2,4-5,8-11,14H2,1H3,(H3,21,22,23). The van der Waals surface area contributed by atoms with Crippen molar-refractivity contribution in [1.82, 2.24) is 15.1 Å². The van der Waals surface area contributed by atoms with Crippen LogP contribution in [0.1, 0.15) is 49.8 Å². The van der Waals surface area contributed by atoms with Gasteiger partial charge in [-0.3, -0.25) is 4.99 Å². The molecule has 0 saturated heterocycles. The van der Waals surface area contributed by atoms with E-state index in [4.69, 9.17) is 5.73 Å². The van der Waals surface area contributed by atoms with Crippen LogP contribution < -0.4 is 11.1 Å². The predicted molar refractivity (Wildman–Crippen MR) is 103 cm³/mol. The summed E-state index contributed by atoms with van der Waals surface area (Å²) < 4.78 is 1.95. The average Bonchev–Trinajstić information content (AvgIpc) is 3.01. The Morgan fingerprint density at radius 2 is 2.00 bits per heavy atom. The van der Waals surface area contributed by atoms with Gasteiger partial charge in [0.25, 0.3) is 0 Å². The van der Waals surface area contributed by atoms with E-state index in [9.17, 15) is 0 Å². The fraction of sp³-hybridized carbons (Fsp3) is 0.500. The van der Waals surface area contributed by atoms with Gasteiger partial charge in [-0.05, 0) is 50.3 Å². The third-order valence-corrected chi connectivity index (χ3v) is 4.86. The summed E-state index contributed by atoms with van der Waals surface area (Å²) >= 11 is 0. The Labute approximate surface area is 150 Å². The van der Waals surface area contributed by atoms with Gasteiger partial charge in [0.05, 0.1) is 11.4 Å². The first kappa shape index (κ1) is 17.5. The Hall–Kier alpha value is -2.30. The average molecular weight is 339 g/mol. The molecule has 0 unspecified atom stereocenters. The van der Waals surface area contributed by atoms with Crippen LogP contribution in [0, 0.1) is 6.92 Å². The summed E-state index contributed by atoms with van der Waals surface area (Å²) in [5, 5.41) is 7.98. The summed E-state index contributed by atoms with van der Waals surface area (Å²) in [7, 11) is 0. The minimum Gasteiger partial charge on any atom is -0.370 e. The number of para-hydroxylation sites is 1. The van der Waals surface area contributed by atoms with Crippen molar-refractivity contribution in [2.75, 3.05) is 6.54 Å². The van der Waals surface area contributed by atoms with E-state index in [1.807, 2.05) is 22.9 Å². The molecule has 0 aliphatic heterocycles. The molecule has 2 aromatic rings. The molecule has 0 amide bonds. The number of benzene rings is 1. The highest BCUT2D eigenvalue weighted by molar-refractivity contribution is 5.78. The van der Waals surface area contributed by atoms with E-state index in [0.717, 1.165) is 30.8 Å². The van der Waals surface area contributed by atoms with Crippen LogP contribution in [0.4, 0.5) is 0 Å². The molecule has 0 bridgehead atoms. The minimum atomic E-state index is 0.517. The lowest BCUT2D eigenvalue weighted by Crippen LogP contribution is -2.41. The monoisotopic (exact) mass is 339 g/mol. The summed E-state index contributed by atoms with van der Waals surface area (Å²) in [5.74, 6) is 0.601. The van der Waals surface area contributed by atoms with Gasteiger partial charge >= 0.3 is 0 Å². The molecule has 1 fully saturated rings. The number of rotatable bonds is 6. The van der Waals surface area contributed by atoms with Crippen molar-refractivity contribution in [2.24, 2.45) is 10.7 Å². The fourth-order valence-corrected chi connectivity index (χ4v) is 3.42. The van der Waals surface area contributed by atoms with Crippen LogP contribution in [-0.2, 0) is 6.42 Å². The number of aliphatic imine (C=N–C) groups is 1. The van der Waals surface area contributed by atoms with Gasteiger partial charge < -0.3 is 11.1 Å². The van der Waals surface area contributed by atoms with Gasteiger partial charge in [0, 0.05) is 18.8 Å². The number of aromatic nitrogens is 2. The van der Waals surface area contributed by atoms with Crippen LogP contribution in [0.25, 0.3) is 5.69 Å². The van der Waals surface area contributed by atoms with Crippen LogP contribution in [-0.4, -0.2) is 28.3 Å². The molecule has 1 aromatic heterocycles. The predicted octanol–water partition coefficient (Wildman–Crippen LogP) is 3.35. The van der Waals surface area contributed by atoms with Crippen molar-refractivity contribution in [3.8, 4) is 5.69 Å². The molecular formula is C20H29N5. The van der Waals surface area contributed by atoms with Gasteiger partial charge in [-0.1, -0.05) is 37.5 Å². The second kappa shape index (κ2) is 8.70. The van der Waals surface area contributed by atoms with Gasteiger partial charge in [0.2, 0.25) is 0 Å². The maximum absolute atomic E-state index is 6.02. The summed E-state index contributed by atoms with van der Waals surface area (Å²) in [4.78, 5) is 4.48. The molecule has 1 heterocycles. The van der Waals surface area contributed by atoms with Crippen LogP contribution in [0.2, 0.25) is 0 Å². The van der Waals surface area contributed by atoms with Crippen molar-refractivity contribution in [1.29, 1.82) is 0 Å². The fourth-order valence-electron chi connectivity index (χ4n) is 3.42. The Balaban J connectivity index is 1.47. The van der Waals surface area contributed by atoms with E-state index in [1.165, 1.54) is 37.7 Å². The molecule has 1 aromatic carbocycles. The molecule has 3 N–H and O–H groups in total. The number of nitrogens with one attached hydrogen (secondary N) is 1.